The van der Waals surface area contributed by atoms with Gasteiger partial charge in [-0.2, -0.15) is 5.10 Å². The fraction of sp³-hybridized carbons (Fsp3) is 0.250. The first-order valence-electron chi connectivity index (χ1n) is 10.5. The lowest BCUT2D eigenvalue weighted by Gasteiger charge is -2.21. The molecule has 2 heterocycles. The van der Waals surface area contributed by atoms with Crippen LogP contribution in [0.3, 0.4) is 0 Å². The smallest absolute Gasteiger partial charge is 0.206 e. The maximum absolute atomic E-state index is 10.5. The lowest BCUT2D eigenvalue weighted by molar-refractivity contribution is 0.474. The normalized spacial score (nSPS) is 12.3. The number of anilines is 1. The zero-order chi connectivity index (χ0) is 21.8. The molecule has 0 fully saturated rings. The van der Waals surface area contributed by atoms with Crippen molar-refractivity contribution < 1.29 is 9.52 Å². The Hall–Kier alpha value is -3.32. The fourth-order valence-corrected chi connectivity index (χ4v) is 4.36. The van der Waals surface area contributed by atoms with E-state index in [-0.39, 0.29) is 5.75 Å². The van der Waals surface area contributed by atoms with Gasteiger partial charge in [-0.3, -0.25) is 4.99 Å². The van der Waals surface area contributed by atoms with Crippen LogP contribution in [0.25, 0.3) is 22.4 Å². The van der Waals surface area contributed by atoms with Crippen molar-refractivity contribution in [1.29, 1.82) is 0 Å². The zero-order valence-corrected chi connectivity index (χ0v) is 18.8. The molecule has 2 aromatic heterocycles. The van der Waals surface area contributed by atoms with E-state index in [9.17, 15) is 5.11 Å². The summed E-state index contributed by atoms with van der Waals surface area (Å²) < 4.78 is 7.81. The van der Waals surface area contributed by atoms with Crippen LogP contribution < -0.4 is 9.70 Å². The van der Waals surface area contributed by atoms with Crippen LogP contribution in [0.2, 0.25) is 0 Å². The van der Waals surface area contributed by atoms with Gasteiger partial charge in [0.2, 0.25) is 4.80 Å². The standard InChI is InChI=1S/C24H26N4O2S/c1-4-25-24-28(20(16-31-24)23-13-17-9-7-8-10-22(17)30-23)26-15-18-11-12-19(14-21(18)29)27(5-2)6-3/h7-16,29H,4-6H2,1-3H3. The van der Waals surface area contributed by atoms with Crippen molar-refractivity contribution in [2.45, 2.75) is 20.8 Å². The first-order chi connectivity index (χ1) is 15.1. The van der Waals surface area contributed by atoms with E-state index in [1.807, 2.05) is 54.8 Å². The summed E-state index contributed by atoms with van der Waals surface area (Å²) in [6.07, 6.45) is 1.66. The number of hydrogen-bond donors (Lipinski definition) is 1. The fourth-order valence-electron chi connectivity index (χ4n) is 3.48. The van der Waals surface area contributed by atoms with Gasteiger partial charge < -0.3 is 14.4 Å². The summed E-state index contributed by atoms with van der Waals surface area (Å²) >= 11 is 1.51. The third kappa shape index (κ3) is 4.27. The van der Waals surface area contributed by atoms with E-state index in [1.54, 1.807) is 17.0 Å². The molecule has 0 atom stereocenters. The SMILES string of the molecule is CCN=c1scc(-c2cc3ccccc3o2)n1N=Cc1ccc(N(CC)CC)cc1O. The summed E-state index contributed by atoms with van der Waals surface area (Å²) in [5, 5.41) is 18.2. The Balaban J connectivity index is 1.73. The molecule has 0 saturated carbocycles. The molecule has 0 saturated heterocycles. The third-order valence-corrected chi connectivity index (χ3v) is 5.97. The molecular formula is C24H26N4O2S. The van der Waals surface area contributed by atoms with E-state index in [4.69, 9.17) is 4.42 Å². The van der Waals surface area contributed by atoms with Gasteiger partial charge in [-0.05, 0) is 45.0 Å². The first kappa shape index (κ1) is 20.9. The van der Waals surface area contributed by atoms with Crippen LogP contribution in [0.1, 0.15) is 26.3 Å². The largest absolute Gasteiger partial charge is 0.507 e. The van der Waals surface area contributed by atoms with Crippen molar-refractivity contribution >= 4 is 34.2 Å². The first-order valence-corrected chi connectivity index (χ1v) is 11.3. The Labute approximate surface area is 185 Å². The molecule has 6 nitrogen and oxygen atoms in total. The topological polar surface area (TPSA) is 66.3 Å². The van der Waals surface area contributed by atoms with Crippen molar-refractivity contribution in [3.63, 3.8) is 0 Å². The lowest BCUT2D eigenvalue weighted by atomic mass is 10.2. The van der Waals surface area contributed by atoms with Crippen molar-refractivity contribution in [2.75, 3.05) is 24.5 Å². The molecule has 0 unspecified atom stereocenters. The minimum Gasteiger partial charge on any atom is -0.507 e. The highest BCUT2D eigenvalue weighted by Crippen LogP contribution is 2.28. The van der Waals surface area contributed by atoms with Crippen molar-refractivity contribution in [3.05, 3.63) is 64.3 Å². The van der Waals surface area contributed by atoms with Gasteiger partial charge in [0.1, 0.15) is 17.0 Å². The number of phenolic OH excluding ortho intramolecular Hbond substituents is 1. The summed E-state index contributed by atoms with van der Waals surface area (Å²) in [4.78, 5) is 7.52. The van der Waals surface area contributed by atoms with Crippen molar-refractivity contribution in [2.24, 2.45) is 10.1 Å². The van der Waals surface area contributed by atoms with Gasteiger partial charge >= 0.3 is 0 Å². The van der Waals surface area contributed by atoms with E-state index in [0.29, 0.717) is 12.1 Å². The van der Waals surface area contributed by atoms with Gasteiger partial charge in [-0.1, -0.05) is 18.2 Å². The second kappa shape index (κ2) is 9.22. The number of aromatic hydroxyl groups is 1. The molecule has 1 N–H and O–H groups in total. The molecule has 7 heteroatoms. The predicted molar refractivity (Wildman–Crippen MR) is 128 cm³/mol. The molecular weight excluding hydrogens is 408 g/mol. The van der Waals surface area contributed by atoms with Gasteiger partial charge in [0.05, 0.1) is 6.21 Å². The Bertz CT molecular complexity index is 1250. The summed E-state index contributed by atoms with van der Waals surface area (Å²) in [7, 11) is 0. The quantitative estimate of drug-likeness (QED) is 0.401. The Kier molecular flexibility index (Phi) is 6.23. The molecule has 0 amide bonds. The number of aromatic nitrogens is 1. The molecule has 0 radical (unpaired) electrons. The van der Waals surface area contributed by atoms with Crippen molar-refractivity contribution in [3.8, 4) is 17.2 Å². The minimum atomic E-state index is 0.197. The number of benzene rings is 2. The van der Waals surface area contributed by atoms with Crippen LogP contribution in [0.5, 0.6) is 5.75 Å². The summed E-state index contributed by atoms with van der Waals surface area (Å²) in [6.45, 7) is 8.61. The average molecular weight is 435 g/mol. The Morgan fingerprint density at radius 1 is 1.10 bits per heavy atom. The maximum atomic E-state index is 10.5. The summed E-state index contributed by atoms with van der Waals surface area (Å²) in [6, 6.07) is 15.6. The van der Waals surface area contributed by atoms with E-state index >= 15 is 0 Å². The number of fused-ring (bicyclic) bond motifs is 1. The molecule has 4 rings (SSSR count). The number of nitrogens with zero attached hydrogens (tertiary/aromatic N) is 4. The third-order valence-electron chi connectivity index (χ3n) is 5.11. The number of rotatable bonds is 7. The summed E-state index contributed by atoms with van der Waals surface area (Å²) in [5.74, 6) is 0.927. The lowest BCUT2D eigenvalue weighted by Crippen LogP contribution is -2.21. The molecule has 0 aliphatic carbocycles. The molecule has 160 valence electrons. The molecule has 0 bridgehead atoms. The zero-order valence-electron chi connectivity index (χ0n) is 17.9. The van der Waals surface area contributed by atoms with E-state index < -0.39 is 0 Å². The van der Waals surface area contributed by atoms with Crippen LogP contribution in [-0.4, -0.2) is 35.6 Å². The van der Waals surface area contributed by atoms with Gasteiger partial charge in [-0.25, -0.2) is 4.68 Å². The van der Waals surface area contributed by atoms with Crippen LogP contribution in [0.4, 0.5) is 5.69 Å². The van der Waals surface area contributed by atoms with E-state index in [0.717, 1.165) is 46.0 Å². The van der Waals surface area contributed by atoms with Gasteiger partial charge in [0.25, 0.3) is 0 Å². The number of para-hydroxylation sites is 1. The van der Waals surface area contributed by atoms with Gasteiger partial charge in [0.15, 0.2) is 5.76 Å². The van der Waals surface area contributed by atoms with Gasteiger partial charge in [0, 0.05) is 47.7 Å². The second-order valence-electron chi connectivity index (χ2n) is 7.00. The van der Waals surface area contributed by atoms with E-state index in [1.165, 1.54) is 11.3 Å². The molecule has 2 aromatic carbocycles. The van der Waals surface area contributed by atoms with Crippen molar-refractivity contribution in [1.82, 2.24) is 4.68 Å². The maximum Gasteiger partial charge on any atom is 0.206 e. The van der Waals surface area contributed by atoms with Crippen LogP contribution in [-0.2, 0) is 0 Å². The predicted octanol–water partition coefficient (Wildman–Crippen LogP) is 5.32. The average Bonchev–Trinajstić information content (AvgIpc) is 3.38. The van der Waals surface area contributed by atoms with E-state index in [2.05, 4.69) is 28.8 Å². The summed E-state index contributed by atoms with van der Waals surface area (Å²) in [5.41, 5.74) is 3.29. The Morgan fingerprint density at radius 3 is 2.61 bits per heavy atom. The Morgan fingerprint density at radius 2 is 1.90 bits per heavy atom. The number of thiazole rings is 1. The number of hydrogen-bond acceptors (Lipinski definition) is 6. The molecule has 0 spiro atoms. The molecule has 0 aliphatic rings. The van der Waals surface area contributed by atoms with Crippen LogP contribution in [0.15, 0.2) is 68.4 Å². The number of phenols is 1. The van der Waals surface area contributed by atoms with Crippen LogP contribution >= 0.6 is 11.3 Å². The number of furan rings is 1. The molecule has 0 aliphatic heterocycles. The molecule has 4 aromatic rings. The highest BCUT2D eigenvalue weighted by Gasteiger charge is 2.13. The minimum absolute atomic E-state index is 0.197. The second-order valence-corrected chi connectivity index (χ2v) is 7.83. The highest BCUT2D eigenvalue weighted by atomic mass is 32.1. The highest BCUT2D eigenvalue weighted by molar-refractivity contribution is 7.07. The molecule has 31 heavy (non-hydrogen) atoms. The van der Waals surface area contributed by atoms with Crippen LogP contribution in [0, 0.1) is 0 Å². The van der Waals surface area contributed by atoms with Gasteiger partial charge in [-0.15, -0.1) is 11.3 Å². The monoisotopic (exact) mass is 434 g/mol.